The second kappa shape index (κ2) is 23.2. The molecular formula is C54H72N4O10. The lowest BCUT2D eigenvalue weighted by Crippen LogP contribution is -2.55. The number of carbonyl (C=O) groups is 2. The van der Waals surface area contributed by atoms with Gasteiger partial charge in [-0.15, -0.1) is 0 Å². The zero-order valence-corrected chi connectivity index (χ0v) is 40.4. The Kier molecular flexibility index (Phi) is 17.2. The summed E-state index contributed by atoms with van der Waals surface area (Å²) >= 11 is 0. The summed E-state index contributed by atoms with van der Waals surface area (Å²) in [7, 11) is 0. The first-order chi connectivity index (χ1) is 33.0. The van der Waals surface area contributed by atoms with E-state index in [-0.39, 0.29) is 37.6 Å². The van der Waals surface area contributed by atoms with Crippen molar-refractivity contribution in [3.05, 3.63) is 96.5 Å². The fraction of sp³-hybridized carbons (Fsp3) is 0.519. The molecule has 4 aromatic rings. The fourth-order valence-corrected chi connectivity index (χ4v) is 9.67. The van der Waals surface area contributed by atoms with Gasteiger partial charge in [0.15, 0.2) is 22.8 Å². The molecule has 1 fully saturated rings. The van der Waals surface area contributed by atoms with Gasteiger partial charge in [-0.3, -0.25) is 9.59 Å². The molecule has 0 spiro atoms. The van der Waals surface area contributed by atoms with Crippen molar-refractivity contribution in [1.29, 1.82) is 0 Å². The van der Waals surface area contributed by atoms with E-state index >= 15 is 0 Å². The Balaban J connectivity index is 1.22. The smallest absolute Gasteiger partial charge is 0.310 e. The molecule has 2 aliphatic heterocycles. The van der Waals surface area contributed by atoms with Crippen molar-refractivity contribution in [3.8, 4) is 0 Å². The Morgan fingerprint density at radius 2 is 0.912 bits per heavy atom. The molecule has 7 rings (SSSR count). The maximum Gasteiger partial charge on any atom is 0.310 e. The van der Waals surface area contributed by atoms with Gasteiger partial charge in [0, 0.05) is 45.4 Å². The number of unbranched alkanes of at least 4 members (excludes halogenated alkanes) is 8. The Labute approximate surface area is 401 Å². The predicted octanol–water partition coefficient (Wildman–Crippen LogP) is 11.2. The number of aliphatic hydroxyl groups is 2. The lowest BCUT2D eigenvalue weighted by Gasteiger charge is -2.50. The van der Waals surface area contributed by atoms with E-state index in [0.717, 1.165) is 98.6 Å². The van der Waals surface area contributed by atoms with Gasteiger partial charge < -0.3 is 50.7 Å². The van der Waals surface area contributed by atoms with Gasteiger partial charge in [-0.05, 0) is 59.7 Å². The molecular weight excluding hydrogens is 865 g/mol. The standard InChI is InChI=1S/C54H72N4O10/c1-7-11-15-29-63-43(59)33-53(35(5)67-65-31-17-13-9-3)55-41-23-19-21-37-25-27-39(49(57-53)45(37)41)47-51(61)48(52(47)62)40-28-26-38-22-20-24-42-46(38)50(40)58-54(56-42,34-44(60)64-30-16-12-8-2)36(6)68-66-32-18-14-10-4/h19-28,47-48,51-52,55-58,61-62H,5-18,29-34H2,1-4H3. The quantitative estimate of drug-likeness (QED) is 0.0104. The number of nitrogens with one attached hydrogen (secondary N) is 4. The molecule has 368 valence electrons. The summed E-state index contributed by atoms with van der Waals surface area (Å²) in [5, 5.41) is 42.7. The Morgan fingerprint density at radius 3 is 1.29 bits per heavy atom. The number of benzene rings is 4. The molecule has 14 heteroatoms. The molecule has 68 heavy (non-hydrogen) atoms. The molecule has 6 N–H and O–H groups in total. The summed E-state index contributed by atoms with van der Waals surface area (Å²) in [6.45, 7) is 18.2. The normalized spacial score (nSPS) is 22.2. The van der Waals surface area contributed by atoms with Gasteiger partial charge in [-0.25, -0.2) is 0 Å². The SMILES string of the molecule is C=C(OOCCCCC)C1(CC(=O)OCCCCC)Nc2cccc3ccc(C4C(O)C(c5ccc6cccc7c6c5NC(CC(=O)OCCCCC)(C(=C)OOCCCCC)N7)C4O)c(c23)N1. The lowest BCUT2D eigenvalue weighted by molar-refractivity contribution is -0.268. The topological polar surface area (TPSA) is 178 Å². The minimum absolute atomic E-state index is 0.126. The number of hydrogen-bond donors (Lipinski definition) is 6. The van der Waals surface area contributed by atoms with E-state index in [9.17, 15) is 19.8 Å². The lowest BCUT2D eigenvalue weighted by atomic mass is 9.62. The van der Waals surface area contributed by atoms with Crippen LogP contribution >= 0.6 is 0 Å². The number of carbonyl (C=O) groups excluding carboxylic acids is 2. The molecule has 3 aliphatic rings. The van der Waals surface area contributed by atoms with Gasteiger partial charge in [0.1, 0.15) is 0 Å². The zero-order valence-electron chi connectivity index (χ0n) is 40.4. The summed E-state index contributed by atoms with van der Waals surface area (Å²) in [4.78, 5) is 50.3. The minimum atomic E-state index is -1.43. The summed E-state index contributed by atoms with van der Waals surface area (Å²) in [6.07, 6.45) is 8.29. The van der Waals surface area contributed by atoms with E-state index in [4.69, 9.17) is 29.0 Å². The van der Waals surface area contributed by atoms with Gasteiger partial charge >= 0.3 is 11.9 Å². The summed E-state index contributed by atoms with van der Waals surface area (Å²) in [5.74, 6) is -2.21. The van der Waals surface area contributed by atoms with Crippen molar-refractivity contribution >= 4 is 56.2 Å². The largest absolute Gasteiger partial charge is 0.466 e. The molecule has 2 atom stereocenters. The summed E-state index contributed by atoms with van der Waals surface area (Å²) in [5.41, 5.74) is 1.06. The second-order valence-corrected chi connectivity index (χ2v) is 18.5. The Morgan fingerprint density at radius 1 is 0.529 bits per heavy atom. The number of hydrogen-bond acceptors (Lipinski definition) is 14. The average molecular weight is 937 g/mol. The van der Waals surface area contributed by atoms with Crippen molar-refractivity contribution in [2.24, 2.45) is 0 Å². The van der Waals surface area contributed by atoms with E-state index < -0.39 is 47.3 Å². The third-order valence-electron chi connectivity index (χ3n) is 13.5. The number of esters is 2. The molecule has 4 aromatic carbocycles. The average Bonchev–Trinajstić information content (AvgIpc) is 3.33. The third-order valence-corrected chi connectivity index (χ3v) is 13.5. The first-order valence-corrected chi connectivity index (χ1v) is 24.9. The molecule has 2 heterocycles. The van der Waals surface area contributed by atoms with Crippen LogP contribution in [0.1, 0.15) is 141 Å². The van der Waals surface area contributed by atoms with Crippen LogP contribution in [0.15, 0.2) is 85.3 Å². The van der Waals surface area contributed by atoms with E-state index in [2.05, 4.69) is 62.1 Å². The molecule has 0 radical (unpaired) electrons. The molecule has 1 aliphatic carbocycles. The second-order valence-electron chi connectivity index (χ2n) is 18.5. The van der Waals surface area contributed by atoms with E-state index in [1.165, 1.54) is 0 Å². The Hall–Kier alpha value is -5.54. The summed E-state index contributed by atoms with van der Waals surface area (Å²) < 4.78 is 11.5. The molecule has 1 saturated carbocycles. The molecule has 2 unspecified atom stereocenters. The van der Waals surface area contributed by atoms with Crippen molar-refractivity contribution in [2.45, 2.75) is 153 Å². The maximum absolute atomic E-state index is 13.7. The zero-order chi connectivity index (χ0) is 48.3. The fourth-order valence-electron chi connectivity index (χ4n) is 9.67. The van der Waals surface area contributed by atoms with Crippen LogP contribution in [0.4, 0.5) is 22.7 Å². The number of rotatable bonds is 28. The minimum Gasteiger partial charge on any atom is -0.466 e. The predicted molar refractivity (Wildman–Crippen MR) is 267 cm³/mol. The van der Waals surface area contributed by atoms with E-state index in [0.29, 0.717) is 47.1 Å². The van der Waals surface area contributed by atoms with Crippen LogP contribution in [-0.2, 0) is 38.6 Å². The van der Waals surface area contributed by atoms with Crippen LogP contribution < -0.4 is 21.3 Å². The first kappa shape index (κ1) is 50.3. The number of anilines is 4. The van der Waals surface area contributed by atoms with E-state index in [1.807, 2.05) is 60.7 Å². The van der Waals surface area contributed by atoms with Crippen LogP contribution in [0.5, 0.6) is 0 Å². The van der Waals surface area contributed by atoms with Gasteiger partial charge in [-0.2, -0.15) is 9.78 Å². The van der Waals surface area contributed by atoms with Gasteiger partial charge in [0.2, 0.25) is 0 Å². The highest BCUT2D eigenvalue weighted by Gasteiger charge is 2.54. The highest BCUT2D eigenvalue weighted by Crippen LogP contribution is 2.56. The highest BCUT2D eigenvalue weighted by molar-refractivity contribution is 6.08. The van der Waals surface area contributed by atoms with Crippen LogP contribution in [0.25, 0.3) is 21.5 Å². The third kappa shape index (κ3) is 10.8. The monoisotopic (exact) mass is 937 g/mol. The molecule has 0 saturated heterocycles. The van der Waals surface area contributed by atoms with Crippen molar-refractivity contribution < 1.29 is 48.8 Å². The molecule has 0 bridgehead atoms. The van der Waals surface area contributed by atoms with Crippen molar-refractivity contribution in [3.63, 3.8) is 0 Å². The molecule has 14 nitrogen and oxygen atoms in total. The summed E-state index contributed by atoms with van der Waals surface area (Å²) in [6, 6.07) is 19.4. The van der Waals surface area contributed by atoms with Gasteiger partial charge in [-0.1, -0.05) is 141 Å². The van der Waals surface area contributed by atoms with Crippen LogP contribution in [0.3, 0.4) is 0 Å². The van der Waals surface area contributed by atoms with Crippen LogP contribution in [0.2, 0.25) is 0 Å². The number of ether oxygens (including phenoxy) is 2. The first-order valence-electron chi connectivity index (χ1n) is 24.9. The van der Waals surface area contributed by atoms with Gasteiger partial charge in [0.05, 0.1) is 51.5 Å². The van der Waals surface area contributed by atoms with E-state index in [1.54, 1.807) is 0 Å². The van der Waals surface area contributed by atoms with Crippen LogP contribution in [-0.4, -0.2) is 72.1 Å². The highest BCUT2D eigenvalue weighted by atomic mass is 17.2. The van der Waals surface area contributed by atoms with Crippen molar-refractivity contribution in [1.82, 2.24) is 0 Å². The molecule has 0 aromatic heterocycles. The van der Waals surface area contributed by atoms with Crippen LogP contribution in [0, 0.1) is 0 Å². The Bertz CT molecular complexity index is 2240. The van der Waals surface area contributed by atoms with Crippen molar-refractivity contribution in [2.75, 3.05) is 47.7 Å². The maximum atomic E-state index is 13.7. The van der Waals surface area contributed by atoms with Gasteiger partial charge in [0.25, 0.3) is 0 Å². The molecule has 0 amide bonds. The number of aliphatic hydroxyl groups excluding tert-OH is 2.